The molecule has 0 saturated heterocycles. The second-order valence-corrected chi connectivity index (χ2v) is 8.90. The zero-order valence-electron chi connectivity index (χ0n) is 14.0. The Balaban J connectivity index is 2.03. The Kier molecular flexibility index (Phi) is 4.57. The highest BCUT2D eigenvalue weighted by molar-refractivity contribution is 5.02. The van der Waals surface area contributed by atoms with Crippen molar-refractivity contribution in [1.82, 2.24) is 0 Å². The molecular formula is C18H35NO. The quantitative estimate of drug-likeness (QED) is 0.814. The van der Waals surface area contributed by atoms with Crippen LogP contribution in [0.1, 0.15) is 79.1 Å². The summed E-state index contributed by atoms with van der Waals surface area (Å²) < 4.78 is 0. The van der Waals surface area contributed by atoms with Gasteiger partial charge in [-0.15, -0.1) is 0 Å². The highest BCUT2D eigenvalue weighted by Gasteiger charge is 2.50. The average molecular weight is 281 g/mol. The third kappa shape index (κ3) is 3.06. The molecule has 2 aliphatic carbocycles. The number of hydrogen-bond donors (Lipinski definition) is 2. The average Bonchev–Trinajstić information content (AvgIpc) is 2.33. The van der Waals surface area contributed by atoms with Crippen molar-refractivity contribution >= 4 is 0 Å². The summed E-state index contributed by atoms with van der Waals surface area (Å²) in [4.78, 5) is 0. The maximum Gasteiger partial charge on any atom is 0.0690 e. The van der Waals surface area contributed by atoms with Crippen LogP contribution in [0.5, 0.6) is 0 Å². The molecule has 0 heterocycles. The molecule has 20 heavy (non-hydrogen) atoms. The molecule has 0 bridgehead atoms. The van der Waals surface area contributed by atoms with Gasteiger partial charge in [0.1, 0.15) is 0 Å². The van der Waals surface area contributed by atoms with Crippen LogP contribution < -0.4 is 5.73 Å². The van der Waals surface area contributed by atoms with Crippen LogP contribution in [0.15, 0.2) is 0 Å². The normalized spacial score (nSPS) is 35.4. The highest BCUT2D eigenvalue weighted by Crippen LogP contribution is 2.52. The SMILES string of the molecule is CC(C)(C)C1CCC(CN)(C(C)(O)CC2CCC2)CC1. The predicted molar refractivity (Wildman–Crippen MR) is 85.5 cm³/mol. The molecule has 0 spiro atoms. The van der Waals surface area contributed by atoms with Crippen molar-refractivity contribution in [3.63, 3.8) is 0 Å². The van der Waals surface area contributed by atoms with E-state index in [1.165, 1.54) is 32.1 Å². The van der Waals surface area contributed by atoms with E-state index in [4.69, 9.17) is 5.73 Å². The zero-order valence-corrected chi connectivity index (χ0v) is 14.0. The lowest BCUT2D eigenvalue weighted by Crippen LogP contribution is -2.54. The topological polar surface area (TPSA) is 46.2 Å². The summed E-state index contributed by atoms with van der Waals surface area (Å²) in [5, 5.41) is 11.1. The van der Waals surface area contributed by atoms with Crippen molar-refractivity contribution in [3.8, 4) is 0 Å². The maximum absolute atomic E-state index is 11.1. The second kappa shape index (κ2) is 5.61. The van der Waals surface area contributed by atoms with Gasteiger partial charge in [0.2, 0.25) is 0 Å². The van der Waals surface area contributed by atoms with Gasteiger partial charge in [0.15, 0.2) is 0 Å². The van der Waals surface area contributed by atoms with Gasteiger partial charge in [-0.2, -0.15) is 0 Å². The summed E-state index contributed by atoms with van der Waals surface area (Å²) >= 11 is 0. The minimum absolute atomic E-state index is 0.0374. The van der Waals surface area contributed by atoms with Gasteiger partial charge in [-0.3, -0.25) is 0 Å². The van der Waals surface area contributed by atoms with Crippen LogP contribution in [0.25, 0.3) is 0 Å². The maximum atomic E-state index is 11.1. The first-order chi connectivity index (χ1) is 9.20. The van der Waals surface area contributed by atoms with Crippen LogP contribution in [0.4, 0.5) is 0 Å². The third-order valence-corrected chi connectivity index (χ3v) is 6.61. The Morgan fingerprint density at radius 3 is 1.95 bits per heavy atom. The van der Waals surface area contributed by atoms with E-state index in [9.17, 15) is 5.11 Å². The lowest BCUT2D eigenvalue weighted by molar-refractivity contribution is -0.116. The van der Waals surface area contributed by atoms with Gasteiger partial charge >= 0.3 is 0 Å². The van der Waals surface area contributed by atoms with Crippen LogP contribution in [-0.4, -0.2) is 17.3 Å². The standard InChI is InChI=1S/C18H35NO/c1-16(2,3)15-8-10-18(13-19,11-9-15)17(4,20)12-14-6-5-7-14/h14-15,20H,5-13,19H2,1-4H3. The number of nitrogens with two attached hydrogens (primary N) is 1. The van der Waals surface area contributed by atoms with Crippen molar-refractivity contribution in [2.45, 2.75) is 84.7 Å². The highest BCUT2D eigenvalue weighted by atomic mass is 16.3. The number of aliphatic hydroxyl groups is 1. The van der Waals surface area contributed by atoms with Crippen LogP contribution in [0, 0.1) is 22.7 Å². The summed E-state index contributed by atoms with van der Waals surface area (Å²) in [6.07, 6.45) is 9.58. The van der Waals surface area contributed by atoms with E-state index in [0.717, 1.165) is 31.1 Å². The molecule has 0 amide bonds. The van der Waals surface area contributed by atoms with Crippen molar-refractivity contribution < 1.29 is 5.11 Å². The molecule has 2 aliphatic rings. The summed E-state index contributed by atoms with van der Waals surface area (Å²) in [6.45, 7) is 9.75. The molecule has 2 nitrogen and oxygen atoms in total. The summed E-state index contributed by atoms with van der Waals surface area (Å²) in [7, 11) is 0. The van der Waals surface area contributed by atoms with E-state index >= 15 is 0 Å². The lowest BCUT2D eigenvalue weighted by atomic mass is 9.56. The molecule has 0 aromatic rings. The molecule has 2 heteroatoms. The van der Waals surface area contributed by atoms with Gasteiger partial charge < -0.3 is 10.8 Å². The van der Waals surface area contributed by atoms with E-state index in [1.54, 1.807) is 0 Å². The monoisotopic (exact) mass is 281 g/mol. The summed E-state index contributed by atoms with van der Waals surface area (Å²) in [5.74, 6) is 1.52. The first kappa shape index (κ1) is 16.3. The minimum Gasteiger partial charge on any atom is -0.390 e. The Labute approximate surface area is 125 Å². The van der Waals surface area contributed by atoms with Crippen molar-refractivity contribution in [1.29, 1.82) is 0 Å². The zero-order chi connectivity index (χ0) is 15.0. The van der Waals surface area contributed by atoms with E-state index in [0.29, 0.717) is 12.0 Å². The Hall–Kier alpha value is -0.0800. The number of hydrogen-bond acceptors (Lipinski definition) is 2. The number of rotatable bonds is 4. The molecule has 0 aromatic carbocycles. The van der Waals surface area contributed by atoms with Crippen molar-refractivity contribution in [3.05, 3.63) is 0 Å². The fraction of sp³-hybridized carbons (Fsp3) is 1.00. The summed E-state index contributed by atoms with van der Waals surface area (Å²) in [6, 6.07) is 0. The van der Waals surface area contributed by atoms with Crippen LogP contribution >= 0.6 is 0 Å². The van der Waals surface area contributed by atoms with Gasteiger partial charge in [-0.1, -0.05) is 40.0 Å². The van der Waals surface area contributed by atoms with E-state index in [-0.39, 0.29) is 5.41 Å². The molecule has 0 radical (unpaired) electrons. The Morgan fingerprint density at radius 1 is 1.05 bits per heavy atom. The molecule has 0 aromatic heterocycles. The first-order valence-electron chi connectivity index (χ1n) is 8.63. The third-order valence-electron chi connectivity index (χ3n) is 6.61. The largest absolute Gasteiger partial charge is 0.390 e. The smallest absolute Gasteiger partial charge is 0.0690 e. The molecule has 1 unspecified atom stereocenters. The molecule has 2 saturated carbocycles. The summed E-state index contributed by atoms with van der Waals surface area (Å²) in [5.41, 5.74) is 5.93. The Morgan fingerprint density at radius 2 is 1.60 bits per heavy atom. The molecule has 118 valence electrons. The van der Waals surface area contributed by atoms with Crippen LogP contribution in [0.3, 0.4) is 0 Å². The van der Waals surface area contributed by atoms with E-state index < -0.39 is 5.60 Å². The van der Waals surface area contributed by atoms with Gasteiger partial charge in [-0.05, 0) is 56.3 Å². The second-order valence-electron chi connectivity index (χ2n) is 8.90. The fourth-order valence-electron chi connectivity index (χ4n) is 4.47. The molecular weight excluding hydrogens is 246 g/mol. The van der Waals surface area contributed by atoms with Crippen LogP contribution in [-0.2, 0) is 0 Å². The predicted octanol–water partition coefficient (Wildman–Crippen LogP) is 4.11. The molecule has 2 rings (SSSR count). The van der Waals surface area contributed by atoms with E-state index in [2.05, 4.69) is 27.7 Å². The molecule has 3 N–H and O–H groups in total. The van der Waals surface area contributed by atoms with Crippen LogP contribution in [0.2, 0.25) is 0 Å². The van der Waals surface area contributed by atoms with Gasteiger partial charge in [0.05, 0.1) is 5.60 Å². The molecule has 0 aliphatic heterocycles. The lowest BCUT2D eigenvalue weighted by Gasteiger charge is -2.52. The van der Waals surface area contributed by atoms with Crippen molar-refractivity contribution in [2.24, 2.45) is 28.4 Å². The molecule has 1 atom stereocenters. The van der Waals surface area contributed by atoms with Crippen molar-refractivity contribution in [2.75, 3.05) is 6.54 Å². The van der Waals surface area contributed by atoms with Gasteiger partial charge in [-0.25, -0.2) is 0 Å². The van der Waals surface area contributed by atoms with Gasteiger partial charge in [0, 0.05) is 12.0 Å². The molecule has 2 fully saturated rings. The first-order valence-corrected chi connectivity index (χ1v) is 8.63. The Bertz CT molecular complexity index is 317. The van der Waals surface area contributed by atoms with E-state index in [1.807, 2.05) is 0 Å². The fourth-order valence-corrected chi connectivity index (χ4v) is 4.47. The van der Waals surface area contributed by atoms with Gasteiger partial charge in [0.25, 0.3) is 0 Å². The minimum atomic E-state index is -0.574.